The van der Waals surface area contributed by atoms with Crippen LogP contribution in [0.3, 0.4) is 0 Å². The molecule has 74 valence electrons. The zero-order valence-corrected chi connectivity index (χ0v) is 8.47. The highest BCUT2D eigenvalue weighted by atomic mass is 14.8. The molecule has 0 saturated carbocycles. The van der Waals surface area contributed by atoms with E-state index in [1.165, 1.54) is 31.2 Å². The fourth-order valence-electron chi connectivity index (χ4n) is 1.38. The average molecular weight is 180 g/mol. The van der Waals surface area contributed by atoms with Crippen LogP contribution in [-0.2, 0) is 6.54 Å². The lowest BCUT2D eigenvalue weighted by Gasteiger charge is -2.02. The molecular formula is C11H20N2. The van der Waals surface area contributed by atoms with Crippen LogP contribution in [0.4, 0.5) is 0 Å². The number of aromatic amines is 1. The van der Waals surface area contributed by atoms with Crippen molar-refractivity contribution in [1.82, 2.24) is 10.3 Å². The number of unbranched alkanes of at least 4 members (excludes halogenated alkanes) is 3. The second-order valence-corrected chi connectivity index (χ2v) is 3.46. The molecule has 2 heteroatoms. The van der Waals surface area contributed by atoms with E-state index < -0.39 is 0 Å². The minimum absolute atomic E-state index is 0.996. The summed E-state index contributed by atoms with van der Waals surface area (Å²) < 4.78 is 0. The molecule has 0 spiro atoms. The van der Waals surface area contributed by atoms with Gasteiger partial charge in [-0.2, -0.15) is 0 Å². The summed E-state index contributed by atoms with van der Waals surface area (Å²) in [5, 5.41) is 3.43. The molecule has 1 aromatic heterocycles. The van der Waals surface area contributed by atoms with Gasteiger partial charge in [-0.1, -0.05) is 26.2 Å². The third-order valence-corrected chi connectivity index (χ3v) is 2.20. The lowest BCUT2D eigenvalue weighted by atomic mass is 10.2. The molecule has 1 heterocycles. The summed E-state index contributed by atoms with van der Waals surface area (Å²) in [5.74, 6) is 0. The molecule has 0 fully saturated rings. The molecule has 0 aliphatic rings. The summed E-state index contributed by atoms with van der Waals surface area (Å²) in [6.45, 7) is 4.38. The van der Waals surface area contributed by atoms with Gasteiger partial charge in [-0.3, -0.25) is 0 Å². The van der Waals surface area contributed by atoms with Crippen molar-refractivity contribution in [3.8, 4) is 0 Å². The summed E-state index contributed by atoms with van der Waals surface area (Å²) in [5.41, 5.74) is 1.34. The first kappa shape index (κ1) is 10.3. The van der Waals surface area contributed by atoms with E-state index >= 15 is 0 Å². The van der Waals surface area contributed by atoms with Gasteiger partial charge in [-0.25, -0.2) is 0 Å². The van der Waals surface area contributed by atoms with Crippen LogP contribution in [0.25, 0.3) is 0 Å². The highest BCUT2D eigenvalue weighted by Gasteiger charge is 1.91. The van der Waals surface area contributed by atoms with Gasteiger partial charge in [0.25, 0.3) is 0 Å². The van der Waals surface area contributed by atoms with Gasteiger partial charge in [0.2, 0.25) is 0 Å². The third kappa shape index (κ3) is 4.73. The minimum atomic E-state index is 0.996. The van der Waals surface area contributed by atoms with Crippen molar-refractivity contribution < 1.29 is 0 Å². The van der Waals surface area contributed by atoms with E-state index in [-0.39, 0.29) is 0 Å². The first-order valence-corrected chi connectivity index (χ1v) is 5.26. The van der Waals surface area contributed by atoms with E-state index in [0.29, 0.717) is 0 Å². The molecule has 0 saturated heterocycles. The van der Waals surface area contributed by atoms with Crippen molar-refractivity contribution in [3.63, 3.8) is 0 Å². The number of H-pyrrole nitrogens is 1. The maximum absolute atomic E-state index is 3.43. The Morgan fingerprint density at radius 3 is 2.92 bits per heavy atom. The Bertz CT molecular complexity index is 192. The van der Waals surface area contributed by atoms with Gasteiger partial charge in [0, 0.05) is 18.9 Å². The standard InChI is InChI=1S/C11H20N2/c1-2-3-4-5-7-12-9-11-6-8-13-10-11/h6,8,10,12-13H,2-5,7,9H2,1H3. The van der Waals surface area contributed by atoms with Crippen molar-refractivity contribution in [3.05, 3.63) is 24.0 Å². The zero-order valence-electron chi connectivity index (χ0n) is 8.47. The molecule has 0 amide bonds. The molecule has 2 N–H and O–H groups in total. The van der Waals surface area contributed by atoms with Crippen molar-refractivity contribution in [2.24, 2.45) is 0 Å². The van der Waals surface area contributed by atoms with Gasteiger partial charge in [0.15, 0.2) is 0 Å². The van der Waals surface area contributed by atoms with Crippen LogP contribution in [0.1, 0.15) is 38.2 Å². The Morgan fingerprint density at radius 2 is 2.23 bits per heavy atom. The van der Waals surface area contributed by atoms with Crippen LogP contribution >= 0.6 is 0 Å². The minimum Gasteiger partial charge on any atom is -0.367 e. The molecule has 0 atom stereocenters. The second-order valence-electron chi connectivity index (χ2n) is 3.46. The molecular weight excluding hydrogens is 160 g/mol. The summed E-state index contributed by atoms with van der Waals surface area (Å²) >= 11 is 0. The maximum atomic E-state index is 3.43. The van der Waals surface area contributed by atoms with E-state index in [9.17, 15) is 0 Å². The van der Waals surface area contributed by atoms with Crippen LogP contribution < -0.4 is 5.32 Å². The molecule has 0 bridgehead atoms. The van der Waals surface area contributed by atoms with Crippen molar-refractivity contribution >= 4 is 0 Å². The van der Waals surface area contributed by atoms with Gasteiger partial charge in [-0.05, 0) is 24.6 Å². The predicted octanol–water partition coefficient (Wildman–Crippen LogP) is 2.68. The number of aromatic nitrogens is 1. The smallest absolute Gasteiger partial charge is 0.0220 e. The van der Waals surface area contributed by atoms with Gasteiger partial charge < -0.3 is 10.3 Å². The first-order chi connectivity index (χ1) is 6.43. The normalized spacial score (nSPS) is 10.5. The predicted molar refractivity (Wildman–Crippen MR) is 56.6 cm³/mol. The Kier molecular flexibility index (Phi) is 5.34. The Hall–Kier alpha value is -0.760. The maximum Gasteiger partial charge on any atom is 0.0220 e. The summed E-state index contributed by atoms with van der Waals surface area (Å²) in [7, 11) is 0. The molecule has 0 aromatic carbocycles. The fourth-order valence-corrected chi connectivity index (χ4v) is 1.38. The van der Waals surface area contributed by atoms with Gasteiger partial charge >= 0.3 is 0 Å². The fraction of sp³-hybridized carbons (Fsp3) is 0.636. The molecule has 2 nitrogen and oxygen atoms in total. The van der Waals surface area contributed by atoms with E-state index in [1.54, 1.807) is 0 Å². The number of hydrogen-bond acceptors (Lipinski definition) is 1. The highest BCUT2D eigenvalue weighted by molar-refractivity contribution is 5.07. The summed E-state index contributed by atoms with van der Waals surface area (Å²) in [6.07, 6.45) is 9.35. The van der Waals surface area contributed by atoms with E-state index in [0.717, 1.165) is 13.1 Å². The molecule has 0 aliphatic heterocycles. The highest BCUT2D eigenvalue weighted by Crippen LogP contribution is 1.98. The van der Waals surface area contributed by atoms with E-state index in [4.69, 9.17) is 0 Å². The lowest BCUT2D eigenvalue weighted by Crippen LogP contribution is -2.14. The molecule has 0 aliphatic carbocycles. The monoisotopic (exact) mass is 180 g/mol. The number of nitrogens with one attached hydrogen (secondary N) is 2. The van der Waals surface area contributed by atoms with E-state index in [2.05, 4.69) is 23.3 Å². The third-order valence-electron chi connectivity index (χ3n) is 2.20. The quantitative estimate of drug-likeness (QED) is 0.620. The summed E-state index contributed by atoms with van der Waals surface area (Å²) in [4.78, 5) is 3.05. The number of rotatable bonds is 7. The van der Waals surface area contributed by atoms with Crippen molar-refractivity contribution in [1.29, 1.82) is 0 Å². The lowest BCUT2D eigenvalue weighted by molar-refractivity contribution is 0.598. The molecule has 1 aromatic rings. The Balaban J connectivity index is 1.90. The van der Waals surface area contributed by atoms with Gasteiger partial charge in [0.05, 0.1) is 0 Å². The van der Waals surface area contributed by atoms with E-state index in [1.807, 2.05) is 12.4 Å². The topological polar surface area (TPSA) is 27.8 Å². The summed E-state index contributed by atoms with van der Waals surface area (Å²) in [6, 6.07) is 2.11. The van der Waals surface area contributed by atoms with Crippen LogP contribution in [0.15, 0.2) is 18.5 Å². The van der Waals surface area contributed by atoms with Gasteiger partial charge in [-0.15, -0.1) is 0 Å². The molecule has 1 rings (SSSR count). The second kappa shape index (κ2) is 6.72. The SMILES string of the molecule is CCCCCCNCc1cc[nH]c1. The van der Waals surface area contributed by atoms with Crippen LogP contribution in [0.2, 0.25) is 0 Å². The average Bonchev–Trinajstić information content (AvgIpc) is 2.63. The Morgan fingerprint density at radius 1 is 1.31 bits per heavy atom. The number of hydrogen-bond donors (Lipinski definition) is 2. The zero-order chi connectivity index (χ0) is 9.36. The largest absolute Gasteiger partial charge is 0.367 e. The van der Waals surface area contributed by atoms with Crippen molar-refractivity contribution in [2.75, 3.05) is 6.54 Å². The van der Waals surface area contributed by atoms with Crippen molar-refractivity contribution in [2.45, 2.75) is 39.2 Å². The van der Waals surface area contributed by atoms with Crippen LogP contribution in [0.5, 0.6) is 0 Å². The molecule has 0 radical (unpaired) electrons. The molecule has 13 heavy (non-hydrogen) atoms. The van der Waals surface area contributed by atoms with Crippen LogP contribution in [0, 0.1) is 0 Å². The first-order valence-electron chi connectivity index (χ1n) is 5.26. The Labute approximate surface area is 80.7 Å². The molecule has 0 unspecified atom stereocenters. The van der Waals surface area contributed by atoms with Crippen LogP contribution in [-0.4, -0.2) is 11.5 Å². The van der Waals surface area contributed by atoms with Gasteiger partial charge in [0.1, 0.15) is 0 Å².